The first-order valence-corrected chi connectivity index (χ1v) is 5.71. The van der Waals surface area contributed by atoms with Crippen LogP contribution < -0.4 is 5.32 Å². The van der Waals surface area contributed by atoms with Crippen molar-refractivity contribution in [1.82, 2.24) is 5.32 Å². The summed E-state index contributed by atoms with van der Waals surface area (Å²) in [5.74, 6) is 0. The minimum absolute atomic E-state index is 0.0595. The van der Waals surface area contributed by atoms with Crippen LogP contribution in [0.2, 0.25) is 0 Å². The summed E-state index contributed by atoms with van der Waals surface area (Å²) >= 11 is 3.42. The van der Waals surface area contributed by atoms with Crippen LogP contribution in [0.15, 0.2) is 22.7 Å². The highest BCUT2D eigenvalue weighted by Crippen LogP contribution is 2.24. The third-order valence-electron chi connectivity index (χ3n) is 2.72. The van der Waals surface area contributed by atoms with E-state index in [0.717, 1.165) is 23.7 Å². The molecule has 0 aromatic heterocycles. The third kappa shape index (κ3) is 2.50. The standard InChI is InChI=1S/C11H12BrNO2/c12-9-3-1-7-2-4-10(13-11(14)15)6-8(7)5-9/h1,3,5,10,13H,2,4,6H2,(H,14,15). The van der Waals surface area contributed by atoms with E-state index in [4.69, 9.17) is 5.11 Å². The van der Waals surface area contributed by atoms with Gasteiger partial charge in [0.1, 0.15) is 0 Å². The molecule has 4 heteroatoms. The molecule has 0 saturated carbocycles. The highest BCUT2D eigenvalue weighted by Gasteiger charge is 2.19. The molecule has 1 aliphatic rings. The molecule has 15 heavy (non-hydrogen) atoms. The van der Waals surface area contributed by atoms with Gasteiger partial charge in [0.05, 0.1) is 0 Å². The van der Waals surface area contributed by atoms with Gasteiger partial charge in [0.25, 0.3) is 0 Å². The van der Waals surface area contributed by atoms with Crippen molar-refractivity contribution < 1.29 is 9.90 Å². The average Bonchev–Trinajstić information content (AvgIpc) is 2.16. The minimum atomic E-state index is -0.932. The van der Waals surface area contributed by atoms with Crippen molar-refractivity contribution in [2.24, 2.45) is 0 Å². The molecule has 1 amide bonds. The van der Waals surface area contributed by atoms with Crippen LogP contribution in [-0.4, -0.2) is 17.2 Å². The molecule has 0 bridgehead atoms. The average molecular weight is 270 g/mol. The zero-order valence-electron chi connectivity index (χ0n) is 8.16. The molecule has 0 spiro atoms. The molecule has 2 rings (SSSR count). The van der Waals surface area contributed by atoms with E-state index >= 15 is 0 Å². The van der Waals surface area contributed by atoms with Gasteiger partial charge in [0.15, 0.2) is 0 Å². The molecule has 1 unspecified atom stereocenters. The molecule has 0 heterocycles. The lowest BCUT2D eigenvalue weighted by molar-refractivity contribution is 0.188. The van der Waals surface area contributed by atoms with Crippen LogP contribution in [0.25, 0.3) is 0 Å². The van der Waals surface area contributed by atoms with Crippen LogP contribution in [0.3, 0.4) is 0 Å². The van der Waals surface area contributed by atoms with E-state index in [2.05, 4.69) is 33.4 Å². The number of hydrogen-bond acceptors (Lipinski definition) is 1. The van der Waals surface area contributed by atoms with E-state index < -0.39 is 6.09 Å². The zero-order chi connectivity index (χ0) is 10.8. The monoisotopic (exact) mass is 269 g/mol. The summed E-state index contributed by atoms with van der Waals surface area (Å²) in [7, 11) is 0. The Morgan fingerprint density at radius 2 is 2.27 bits per heavy atom. The molecular weight excluding hydrogens is 258 g/mol. The van der Waals surface area contributed by atoms with Crippen LogP contribution in [0.4, 0.5) is 4.79 Å². The van der Waals surface area contributed by atoms with Crippen molar-refractivity contribution in [3.8, 4) is 0 Å². The number of benzene rings is 1. The minimum Gasteiger partial charge on any atom is -0.465 e. The van der Waals surface area contributed by atoms with Gasteiger partial charge in [-0.25, -0.2) is 4.79 Å². The predicted molar refractivity (Wildman–Crippen MR) is 61.1 cm³/mol. The summed E-state index contributed by atoms with van der Waals surface area (Å²) in [4.78, 5) is 10.5. The Morgan fingerprint density at radius 3 is 3.00 bits per heavy atom. The zero-order valence-corrected chi connectivity index (χ0v) is 9.75. The summed E-state index contributed by atoms with van der Waals surface area (Å²) < 4.78 is 1.05. The van der Waals surface area contributed by atoms with Crippen LogP contribution in [0.5, 0.6) is 0 Å². The lowest BCUT2D eigenvalue weighted by Crippen LogP contribution is -2.37. The SMILES string of the molecule is O=C(O)NC1CCc2ccc(Br)cc2C1. The summed E-state index contributed by atoms with van der Waals surface area (Å²) in [6.07, 6.45) is 1.70. The number of carboxylic acid groups (broad SMARTS) is 1. The van der Waals surface area contributed by atoms with Gasteiger partial charge < -0.3 is 10.4 Å². The van der Waals surface area contributed by atoms with Gasteiger partial charge in [-0.3, -0.25) is 0 Å². The summed E-state index contributed by atoms with van der Waals surface area (Å²) in [6, 6.07) is 6.27. The van der Waals surface area contributed by atoms with Crippen LogP contribution in [0.1, 0.15) is 17.5 Å². The number of carbonyl (C=O) groups is 1. The molecule has 1 aromatic rings. The number of hydrogen-bond donors (Lipinski definition) is 2. The lowest BCUT2D eigenvalue weighted by Gasteiger charge is -2.24. The second kappa shape index (κ2) is 4.23. The second-order valence-corrected chi connectivity index (χ2v) is 4.72. The predicted octanol–water partition coefficient (Wildman–Crippen LogP) is 2.57. The molecule has 1 atom stereocenters. The fourth-order valence-electron chi connectivity index (χ4n) is 2.02. The molecule has 2 N–H and O–H groups in total. The maximum absolute atomic E-state index is 10.5. The van der Waals surface area contributed by atoms with E-state index in [9.17, 15) is 4.79 Å². The molecule has 0 radical (unpaired) electrons. The van der Waals surface area contributed by atoms with Gasteiger partial charge >= 0.3 is 6.09 Å². The summed E-state index contributed by atoms with van der Waals surface area (Å²) in [5, 5.41) is 11.2. The molecule has 1 aromatic carbocycles. The second-order valence-electron chi connectivity index (χ2n) is 3.80. The summed E-state index contributed by atoms with van der Waals surface area (Å²) in [6.45, 7) is 0. The van der Waals surface area contributed by atoms with Crippen molar-refractivity contribution in [2.45, 2.75) is 25.3 Å². The Hall–Kier alpha value is -1.03. The third-order valence-corrected chi connectivity index (χ3v) is 3.22. The first-order valence-electron chi connectivity index (χ1n) is 4.92. The number of nitrogens with one attached hydrogen (secondary N) is 1. The maximum Gasteiger partial charge on any atom is 0.404 e. The highest BCUT2D eigenvalue weighted by molar-refractivity contribution is 9.10. The Labute approximate surface area is 96.6 Å². The fraction of sp³-hybridized carbons (Fsp3) is 0.364. The van der Waals surface area contributed by atoms with Crippen molar-refractivity contribution >= 4 is 22.0 Å². The van der Waals surface area contributed by atoms with Crippen LogP contribution >= 0.6 is 15.9 Å². The van der Waals surface area contributed by atoms with E-state index in [1.165, 1.54) is 11.1 Å². The highest BCUT2D eigenvalue weighted by atomic mass is 79.9. The van der Waals surface area contributed by atoms with Gasteiger partial charge in [-0.2, -0.15) is 0 Å². The Morgan fingerprint density at radius 1 is 1.47 bits per heavy atom. The smallest absolute Gasteiger partial charge is 0.404 e. The van der Waals surface area contributed by atoms with E-state index in [0.29, 0.717) is 0 Å². The normalized spacial score (nSPS) is 19.4. The van der Waals surface area contributed by atoms with Crippen LogP contribution in [-0.2, 0) is 12.8 Å². The Balaban J connectivity index is 2.14. The first kappa shape index (κ1) is 10.5. The molecule has 3 nitrogen and oxygen atoms in total. The topological polar surface area (TPSA) is 49.3 Å². The molecule has 0 aliphatic heterocycles. The van der Waals surface area contributed by atoms with Gasteiger partial charge in [-0.1, -0.05) is 22.0 Å². The number of halogens is 1. The molecular formula is C11H12BrNO2. The Kier molecular flexibility index (Phi) is 2.95. The largest absolute Gasteiger partial charge is 0.465 e. The van der Waals surface area contributed by atoms with E-state index in [-0.39, 0.29) is 6.04 Å². The molecule has 0 fully saturated rings. The molecule has 1 aliphatic carbocycles. The van der Waals surface area contributed by atoms with Crippen molar-refractivity contribution in [3.05, 3.63) is 33.8 Å². The molecule has 80 valence electrons. The number of rotatable bonds is 1. The van der Waals surface area contributed by atoms with Gasteiger partial charge in [-0.15, -0.1) is 0 Å². The first-order chi connectivity index (χ1) is 7.15. The number of amides is 1. The summed E-state index contributed by atoms with van der Waals surface area (Å²) in [5.41, 5.74) is 2.58. The van der Waals surface area contributed by atoms with Crippen molar-refractivity contribution in [1.29, 1.82) is 0 Å². The van der Waals surface area contributed by atoms with Crippen molar-refractivity contribution in [2.75, 3.05) is 0 Å². The maximum atomic E-state index is 10.5. The Bertz CT molecular complexity index is 392. The van der Waals surface area contributed by atoms with Gasteiger partial charge in [0.2, 0.25) is 0 Å². The fourth-order valence-corrected chi connectivity index (χ4v) is 2.43. The van der Waals surface area contributed by atoms with E-state index in [1.807, 2.05) is 6.07 Å². The van der Waals surface area contributed by atoms with Gasteiger partial charge in [-0.05, 0) is 42.5 Å². The number of fused-ring (bicyclic) bond motifs is 1. The van der Waals surface area contributed by atoms with Gasteiger partial charge in [0, 0.05) is 10.5 Å². The quantitative estimate of drug-likeness (QED) is 0.824. The lowest BCUT2D eigenvalue weighted by atomic mass is 9.88. The van der Waals surface area contributed by atoms with Crippen LogP contribution in [0, 0.1) is 0 Å². The molecule has 0 saturated heterocycles. The van der Waals surface area contributed by atoms with E-state index in [1.54, 1.807) is 0 Å². The van der Waals surface area contributed by atoms with Crippen molar-refractivity contribution in [3.63, 3.8) is 0 Å². The number of aryl methyl sites for hydroxylation is 1.